The van der Waals surface area contributed by atoms with Gasteiger partial charge in [-0.2, -0.15) is 0 Å². The quantitative estimate of drug-likeness (QED) is 0.700. The molecule has 2 heterocycles. The van der Waals surface area contributed by atoms with Crippen LogP contribution in [0.15, 0.2) is 36.5 Å². The molecule has 0 unspecified atom stereocenters. The van der Waals surface area contributed by atoms with Gasteiger partial charge in [0.2, 0.25) is 0 Å². The van der Waals surface area contributed by atoms with Crippen molar-refractivity contribution >= 4 is 22.3 Å². The van der Waals surface area contributed by atoms with E-state index in [0.29, 0.717) is 29.3 Å². The molecule has 3 aromatic rings. The minimum absolute atomic E-state index is 0.00299. The summed E-state index contributed by atoms with van der Waals surface area (Å²) in [7, 11) is 0. The van der Waals surface area contributed by atoms with Crippen molar-refractivity contribution in [2.24, 2.45) is 0 Å². The molecule has 1 aliphatic carbocycles. The van der Waals surface area contributed by atoms with Crippen molar-refractivity contribution in [2.75, 3.05) is 23.8 Å². The second-order valence-corrected chi connectivity index (χ2v) is 6.83. The predicted octanol–water partition coefficient (Wildman–Crippen LogP) is 4.25. The van der Waals surface area contributed by atoms with E-state index >= 15 is 0 Å². The molecule has 7 heteroatoms. The predicted molar refractivity (Wildman–Crippen MR) is 98.5 cm³/mol. The van der Waals surface area contributed by atoms with Gasteiger partial charge in [-0.3, -0.25) is 4.98 Å². The molecule has 1 fully saturated rings. The molecule has 0 atom stereocenters. The van der Waals surface area contributed by atoms with Crippen LogP contribution in [0.5, 0.6) is 17.2 Å². The average molecular weight is 369 g/mol. The number of hydrogen-bond acceptors (Lipinski definition) is 5. The van der Waals surface area contributed by atoms with Gasteiger partial charge in [0.1, 0.15) is 18.1 Å². The number of nitrogens with two attached hydrogens (primary N) is 1. The highest BCUT2D eigenvalue weighted by molar-refractivity contribution is 5.91. The Balaban J connectivity index is 1.62. The lowest BCUT2D eigenvalue weighted by molar-refractivity contribution is 0.307. The zero-order valence-corrected chi connectivity index (χ0v) is 14.4. The molecule has 27 heavy (non-hydrogen) atoms. The number of nitrogens with zero attached hydrogens (tertiary/aromatic N) is 2. The van der Waals surface area contributed by atoms with Crippen molar-refractivity contribution < 1.29 is 18.3 Å². The van der Waals surface area contributed by atoms with Crippen molar-refractivity contribution in [1.82, 2.24) is 4.98 Å². The van der Waals surface area contributed by atoms with E-state index in [9.17, 15) is 8.78 Å². The van der Waals surface area contributed by atoms with Gasteiger partial charge in [0.25, 0.3) is 0 Å². The Morgan fingerprint density at radius 1 is 1.15 bits per heavy atom. The molecule has 138 valence electrons. The van der Waals surface area contributed by atoms with E-state index in [4.69, 9.17) is 15.2 Å². The van der Waals surface area contributed by atoms with Gasteiger partial charge in [-0.15, -0.1) is 0 Å². The fraction of sp³-hybridized carbons (Fsp3) is 0.250. The topological polar surface area (TPSA) is 60.6 Å². The number of benzene rings is 2. The van der Waals surface area contributed by atoms with Gasteiger partial charge in [-0.25, -0.2) is 8.78 Å². The number of rotatable bonds is 3. The summed E-state index contributed by atoms with van der Waals surface area (Å²) in [5.74, 6) is -1.08. The molecule has 0 radical (unpaired) electrons. The summed E-state index contributed by atoms with van der Waals surface area (Å²) in [4.78, 5) is 6.67. The van der Waals surface area contributed by atoms with E-state index in [1.165, 1.54) is 0 Å². The smallest absolute Gasteiger partial charge is 0.198 e. The Bertz CT molecular complexity index is 1030. The molecule has 2 aliphatic rings. The highest BCUT2D eigenvalue weighted by Gasteiger charge is 2.33. The fourth-order valence-electron chi connectivity index (χ4n) is 3.49. The Morgan fingerprint density at radius 3 is 2.67 bits per heavy atom. The van der Waals surface area contributed by atoms with E-state index in [2.05, 4.69) is 9.88 Å². The van der Waals surface area contributed by atoms with Crippen LogP contribution < -0.4 is 20.1 Å². The molecular formula is C20H17F2N3O2. The van der Waals surface area contributed by atoms with Gasteiger partial charge in [0.05, 0.1) is 17.7 Å². The van der Waals surface area contributed by atoms with Crippen molar-refractivity contribution in [1.29, 1.82) is 0 Å². The van der Waals surface area contributed by atoms with Crippen molar-refractivity contribution in [3.63, 3.8) is 0 Å². The van der Waals surface area contributed by atoms with E-state index in [-0.39, 0.29) is 5.69 Å². The maximum Gasteiger partial charge on any atom is 0.198 e. The number of aromatic nitrogens is 1. The Kier molecular flexibility index (Phi) is 3.56. The molecule has 0 spiro atoms. The number of fused-ring (bicyclic) bond motifs is 2. The molecule has 1 aromatic heterocycles. The van der Waals surface area contributed by atoms with Crippen LogP contribution in [0.2, 0.25) is 0 Å². The van der Waals surface area contributed by atoms with Crippen LogP contribution in [0.25, 0.3) is 10.9 Å². The maximum atomic E-state index is 14.2. The van der Waals surface area contributed by atoms with Crippen molar-refractivity contribution in [3.05, 3.63) is 48.2 Å². The highest BCUT2D eigenvalue weighted by atomic mass is 19.1. The third-order valence-electron chi connectivity index (χ3n) is 4.90. The van der Waals surface area contributed by atoms with Gasteiger partial charge in [-0.05, 0) is 25.0 Å². The highest BCUT2D eigenvalue weighted by Crippen LogP contribution is 2.43. The first-order valence-corrected chi connectivity index (χ1v) is 8.85. The number of ether oxygens (including phenoxy) is 2. The minimum atomic E-state index is -0.849. The van der Waals surface area contributed by atoms with Gasteiger partial charge < -0.3 is 20.1 Å². The van der Waals surface area contributed by atoms with Gasteiger partial charge in [-0.1, -0.05) is 0 Å². The normalized spacial score (nSPS) is 16.1. The van der Waals surface area contributed by atoms with Crippen LogP contribution in [0, 0.1) is 11.6 Å². The SMILES string of the molecule is Nc1cc(F)c(Oc2ccnc3cc4c(cc23)N(C2CC2)CCO4)c(F)c1. The first-order chi connectivity index (χ1) is 13.1. The van der Waals surface area contributed by atoms with E-state index < -0.39 is 17.4 Å². The van der Waals surface area contributed by atoms with Gasteiger partial charge in [0.15, 0.2) is 17.4 Å². The summed E-state index contributed by atoms with van der Waals surface area (Å²) < 4.78 is 39.7. The summed E-state index contributed by atoms with van der Waals surface area (Å²) in [6, 6.07) is 7.96. The van der Waals surface area contributed by atoms with Gasteiger partial charge >= 0.3 is 0 Å². The summed E-state index contributed by atoms with van der Waals surface area (Å²) in [6.07, 6.45) is 3.87. The lowest BCUT2D eigenvalue weighted by Crippen LogP contribution is -2.34. The standard InChI is InChI=1S/C20H17F2N3O2/c21-14-7-11(23)8-15(22)20(14)27-18-3-4-24-16-10-19-17(9-13(16)18)25(5-6-26-19)12-1-2-12/h3-4,7-10,12H,1-2,5-6,23H2. The molecule has 5 rings (SSSR count). The second-order valence-electron chi connectivity index (χ2n) is 6.83. The van der Waals surface area contributed by atoms with Crippen LogP contribution in [-0.4, -0.2) is 24.2 Å². The molecule has 0 bridgehead atoms. The first kappa shape index (κ1) is 16.1. The number of pyridine rings is 1. The van der Waals surface area contributed by atoms with E-state index in [1.807, 2.05) is 12.1 Å². The molecule has 1 saturated carbocycles. The van der Waals surface area contributed by atoms with E-state index in [0.717, 1.165) is 43.0 Å². The molecule has 2 aromatic carbocycles. The molecule has 1 aliphatic heterocycles. The summed E-state index contributed by atoms with van der Waals surface area (Å²) in [6.45, 7) is 1.45. The van der Waals surface area contributed by atoms with Crippen LogP contribution in [-0.2, 0) is 0 Å². The second kappa shape index (κ2) is 5.97. The van der Waals surface area contributed by atoms with Crippen LogP contribution in [0.3, 0.4) is 0 Å². The Hall–Kier alpha value is -3.09. The van der Waals surface area contributed by atoms with E-state index in [1.54, 1.807) is 12.3 Å². The summed E-state index contributed by atoms with van der Waals surface area (Å²) >= 11 is 0. The summed E-state index contributed by atoms with van der Waals surface area (Å²) in [5, 5.41) is 0.669. The third-order valence-corrected chi connectivity index (χ3v) is 4.90. The molecule has 2 N–H and O–H groups in total. The molecule has 0 saturated heterocycles. The molecule has 5 nitrogen and oxygen atoms in total. The maximum absolute atomic E-state index is 14.2. The van der Waals surface area contributed by atoms with Crippen molar-refractivity contribution in [3.8, 4) is 17.2 Å². The zero-order chi connectivity index (χ0) is 18.5. The Morgan fingerprint density at radius 2 is 1.93 bits per heavy atom. The zero-order valence-electron chi connectivity index (χ0n) is 14.4. The number of hydrogen-bond donors (Lipinski definition) is 1. The fourth-order valence-corrected chi connectivity index (χ4v) is 3.49. The lowest BCUT2D eigenvalue weighted by atomic mass is 10.1. The monoisotopic (exact) mass is 369 g/mol. The van der Waals surface area contributed by atoms with Crippen LogP contribution in [0.1, 0.15) is 12.8 Å². The number of anilines is 2. The number of halogens is 2. The van der Waals surface area contributed by atoms with Crippen LogP contribution >= 0.6 is 0 Å². The third kappa shape index (κ3) is 2.79. The minimum Gasteiger partial charge on any atom is -0.489 e. The number of nitrogen functional groups attached to an aromatic ring is 1. The molecular weight excluding hydrogens is 352 g/mol. The largest absolute Gasteiger partial charge is 0.489 e. The Labute approximate surface area is 154 Å². The van der Waals surface area contributed by atoms with Gasteiger partial charge in [0, 0.05) is 41.5 Å². The van der Waals surface area contributed by atoms with Crippen molar-refractivity contribution in [2.45, 2.75) is 18.9 Å². The molecule has 0 amide bonds. The average Bonchev–Trinajstić information content (AvgIpc) is 3.47. The lowest BCUT2D eigenvalue weighted by Gasteiger charge is -2.31. The summed E-state index contributed by atoms with van der Waals surface area (Å²) in [5.41, 5.74) is 7.08. The first-order valence-electron chi connectivity index (χ1n) is 8.85. The van der Waals surface area contributed by atoms with Crippen LogP contribution in [0.4, 0.5) is 20.2 Å².